The van der Waals surface area contributed by atoms with Crippen molar-refractivity contribution in [3.05, 3.63) is 0 Å². The molecule has 78 valence electrons. The first-order chi connectivity index (χ1) is 5.75. The summed E-state index contributed by atoms with van der Waals surface area (Å²) in [5.74, 6) is 0.0103. The maximum absolute atomic E-state index is 11.2. The van der Waals surface area contributed by atoms with Crippen molar-refractivity contribution in [3.8, 4) is 0 Å². The van der Waals surface area contributed by atoms with E-state index in [9.17, 15) is 9.90 Å². The van der Waals surface area contributed by atoms with Gasteiger partial charge in [-0.05, 0) is 20.8 Å². The van der Waals surface area contributed by atoms with Crippen LogP contribution in [0.25, 0.3) is 0 Å². The number of rotatable bonds is 4. The van der Waals surface area contributed by atoms with Crippen LogP contribution in [0.4, 0.5) is 0 Å². The lowest BCUT2D eigenvalue weighted by Gasteiger charge is -2.27. The van der Waals surface area contributed by atoms with Gasteiger partial charge >= 0.3 is 0 Å². The van der Waals surface area contributed by atoms with E-state index in [1.165, 1.54) is 4.90 Å². The number of hydrogen-bond acceptors (Lipinski definition) is 3. The molecule has 2 N–H and O–H groups in total. The van der Waals surface area contributed by atoms with E-state index in [-0.39, 0.29) is 18.5 Å². The molecule has 0 spiro atoms. The molecule has 1 unspecified atom stereocenters. The van der Waals surface area contributed by atoms with Gasteiger partial charge in [-0.25, -0.2) is 0 Å². The highest BCUT2D eigenvalue weighted by Gasteiger charge is 2.22. The van der Waals surface area contributed by atoms with Crippen LogP contribution < -0.4 is 5.32 Å². The molecule has 0 aliphatic carbocycles. The quantitative estimate of drug-likeness (QED) is 0.643. The maximum atomic E-state index is 11.2. The summed E-state index contributed by atoms with van der Waals surface area (Å²) >= 11 is 0. The van der Waals surface area contributed by atoms with Gasteiger partial charge in [-0.3, -0.25) is 4.79 Å². The van der Waals surface area contributed by atoms with Gasteiger partial charge in [0.25, 0.3) is 0 Å². The minimum absolute atomic E-state index is 0.0103. The number of likely N-dealkylation sites (N-methyl/N-ethyl adjacent to an activating group) is 1. The molecule has 0 heterocycles. The number of aliphatic hydroxyl groups is 1. The van der Waals surface area contributed by atoms with E-state index in [2.05, 4.69) is 5.32 Å². The summed E-state index contributed by atoms with van der Waals surface area (Å²) in [5.41, 5.74) is -0.799. The van der Waals surface area contributed by atoms with Gasteiger partial charge in [-0.1, -0.05) is 0 Å². The minimum Gasteiger partial charge on any atom is -0.389 e. The van der Waals surface area contributed by atoms with Crippen molar-refractivity contribution in [3.63, 3.8) is 0 Å². The van der Waals surface area contributed by atoms with Crippen LogP contribution in [0.15, 0.2) is 0 Å². The topological polar surface area (TPSA) is 52.6 Å². The van der Waals surface area contributed by atoms with Gasteiger partial charge in [0.05, 0.1) is 12.1 Å². The van der Waals surface area contributed by atoms with Crippen LogP contribution in [0.3, 0.4) is 0 Å². The molecule has 0 fully saturated rings. The van der Waals surface area contributed by atoms with Crippen molar-refractivity contribution in [1.82, 2.24) is 10.2 Å². The van der Waals surface area contributed by atoms with E-state index < -0.39 is 5.60 Å². The predicted octanol–water partition coefficient (Wildman–Crippen LogP) is -0.176. The molecular weight excluding hydrogens is 168 g/mol. The van der Waals surface area contributed by atoms with Crippen molar-refractivity contribution in [2.45, 2.75) is 32.4 Å². The molecule has 4 nitrogen and oxygen atoms in total. The lowest BCUT2D eigenvalue weighted by molar-refractivity contribution is -0.128. The van der Waals surface area contributed by atoms with Gasteiger partial charge in [0, 0.05) is 20.1 Å². The molecule has 0 saturated heterocycles. The molecule has 0 aromatic carbocycles. The minimum atomic E-state index is -0.799. The molecule has 0 radical (unpaired) electrons. The summed E-state index contributed by atoms with van der Waals surface area (Å²) in [6.07, 6.45) is 0. The summed E-state index contributed by atoms with van der Waals surface area (Å²) in [6, 6.07) is -0.101. The Labute approximate surface area is 79.9 Å². The van der Waals surface area contributed by atoms with Gasteiger partial charge in [-0.2, -0.15) is 0 Å². The van der Waals surface area contributed by atoms with Gasteiger partial charge in [0.2, 0.25) is 5.91 Å². The molecule has 4 heteroatoms. The van der Waals surface area contributed by atoms with E-state index in [4.69, 9.17) is 0 Å². The Hall–Kier alpha value is -0.610. The first-order valence-electron chi connectivity index (χ1n) is 4.41. The molecule has 0 aromatic heterocycles. The molecule has 0 aliphatic heterocycles. The van der Waals surface area contributed by atoms with E-state index in [1.807, 2.05) is 6.92 Å². The number of nitrogens with one attached hydrogen (secondary N) is 1. The molecule has 0 aliphatic rings. The number of nitrogens with zero attached hydrogens (tertiary/aromatic N) is 1. The summed E-state index contributed by atoms with van der Waals surface area (Å²) in [4.78, 5) is 12.7. The van der Waals surface area contributed by atoms with E-state index in [1.54, 1.807) is 27.9 Å². The third kappa shape index (κ3) is 4.85. The Morgan fingerprint density at radius 3 is 2.31 bits per heavy atom. The Morgan fingerprint density at radius 1 is 1.54 bits per heavy atom. The summed E-state index contributed by atoms with van der Waals surface area (Å²) in [6.45, 7) is 5.54. The van der Waals surface area contributed by atoms with Crippen LogP contribution in [-0.4, -0.2) is 48.2 Å². The Bertz CT molecular complexity index is 173. The van der Waals surface area contributed by atoms with Crippen molar-refractivity contribution in [2.24, 2.45) is 0 Å². The van der Waals surface area contributed by atoms with E-state index in [0.29, 0.717) is 0 Å². The summed E-state index contributed by atoms with van der Waals surface area (Å²) in [7, 11) is 3.41. The zero-order valence-corrected chi connectivity index (χ0v) is 9.09. The Balaban J connectivity index is 3.84. The van der Waals surface area contributed by atoms with Gasteiger partial charge in [-0.15, -0.1) is 0 Å². The third-order valence-electron chi connectivity index (χ3n) is 2.12. The van der Waals surface area contributed by atoms with Crippen LogP contribution in [0.5, 0.6) is 0 Å². The van der Waals surface area contributed by atoms with Crippen molar-refractivity contribution >= 4 is 5.91 Å². The maximum Gasteiger partial charge on any atom is 0.236 e. The molecule has 0 saturated carbocycles. The van der Waals surface area contributed by atoms with Crippen LogP contribution in [0, 0.1) is 0 Å². The highest BCUT2D eigenvalue weighted by atomic mass is 16.3. The largest absolute Gasteiger partial charge is 0.389 e. The zero-order chi connectivity index (χ0) is 10.6. The fraction of sp³-hybridized carbons (Fsp3) is 0.889. The predicted molar refractivity (Wildman–Crippen MR) is 52.5 cm³/mol. The van der Waals surface area contributed by atoms with Crippen LogP contribution in [0.1, 0.15) is 20.8 Å². The SMILES string of the molecule is CC(NCC(=O)N(C)C)C(C)(C)O. The van der Waals surface area contributed by atoms with E-state index >= 15 is 0 Å². The lowest BCUT2D eigenvalue weighted by Crippen LogP contribution is -2.47. The van der Waals surface area contributed by atoms with Crippen LogP contribution in [-0.2, 0) is 4.79 Å². The zero-order valence-electron chi connectivity index (χ0n) is 9.09. The smallest absolute Gasteiger partial charge is 0.236 e. The highest BCUT2D eigenvalue weighted by molar-refractivity contribution is 5.77. The number of carbonyl (C=O) groups is 1. The van der Waals surface area contributed by atoms with Gasteiger partial charge < -0.3 is 15.3 Å². The summed E-state index contributed by atoms with van der Waals surface area (Å²) in [5, 5.41) is 12.5. The molecule has 0 aromatic rings. The van der Waals surface area contributed by atoms with E-state index in [0.717, 1.165) is 0 Å². The second-order valence-electron chi connectivity index (χ2n) is 4.04. The van der Waals surface area contributed by atoms with Crippen LogP contribution >= 0.6 is 0 Å². The second-order valence-corrected chi connectivity index (χ2v) is 4.04. The molecule has 1 amide bonds. The average molecular weight is 188 g/mol. The molecule has 0 bridgehead atoms. The summed E-state index contributed by atoms with van der Waals surface area (Å²) < 4.78 is 0. The second kappa shape index (κ2) is 4.58. The average Bonchev–Trinajstić information content (AvgIpc) is 1.97. The highest BCUT2D eigenvalue weighted by Crippen LogP contribution is 2.06. The fourth-order valence-corrected chi connectivity index (χ4v) is 0.648. The molecule has 0 rings (SSSR count). The number of carbonyl (C=O) groups excluding carboxylic acids is 1. The molecule has 1 atom stereocenters. The fourth-order valence-electron chi connectivity index (χ4n) is 0.648. The Kier molecular flexibility index (Phi) is 4.36. The molecular formula is C9H20N2O2. The van der Waals surface area contributed by atoms with Gasteiger partial charge in [0.15, 0.2) is 0 Å². The lowest BCUT2D eigenvalue weighted by atomic mass is 10.0. The Morgan fingerprint density at radius 2 is 2.00 bits per heavy atom. The van der Waals surface area contributed by atoms with Crippen molar-refractivity contribution in [2.75, 3.05) is 20.6 Å². The van der Waals surface area contributed by atoms with Gasteiger partial charge in [0.1, 0.15) is 0 Å². The first-order valence-corrected chi connectivity index (χ1v) is 4.41. The van der Waals surface area contributed by atoms with Crippen molar-refractivity contribution in [1.29, 1.82) is 0 Å². The number of hydrogen-bond donors (Lipinski definition) is 2. The van der Waals surface area contributed by atoms with Crippen molar-refractivity contribution < 1.29 is 9.90 Å². The third-order valence-corrected chi connectivity index (χ3v) is 2.12. The number of amides is 1. The molecule has 13 heavy (non-hydrogen) atoms. The van der Waals surface area contributed by atoms with Crippen LogP contribution in [0.2, 0.25) is 0 Å². The normalized spacial score (nSPS) is 14.0. The first kappa shape index (κ1) is 12.4. The monoisotopic (exact) mass is 188 g/mol. The standard InChI is InChI=1S/C9H20N2O2/c1-7(9(2,3)13)10-6-8(12)11(4)5/h7,10,13H,6H2,1-5H3.